The monoisotopic (exact) mass is 306 g/mol. The Labute approximate surface area is 136 Å². The highest BCUT2D eigenvalue weighted by Gasteiger charge is 2.28. The average molecular weight is 306 g/mol. The molecule has 1 atom stereocenters. The average Bonchev–Trinajstić information content (AvgIpc) is 3.02. The van der Waals surface area contributed by atoms with Crippen molar-refractivity contribution in [2.75, 3.05) is 11.9 Å². The zero-order chi connectivity index (χ0) is 16.2. The summed E-state index contributed by atoms with van der Waals surface area (Å²) >= 11 is 0. The van der Waals surface area contributed by atoms with Gasteiger partial charge in [0.15, 0.2) is 13.8 Å². The third kappa shape index (κ3) is 3.35. The van der Waals surface area contributed by atoms with Crippen LogP contribution >= 0.6 is 0 Å². The van der Waals surface area contributed by atoms with Gasteiger partial charge in [-0.3, -0.25) is 9.59 Å². The molecular formula is C18H19BN2O2. The lowest BCUT2D eigenvalue weighted by atomic mass is 10.0. The van der Waals surface area contributed by atoms with Crippen molar-refractivity contribution in [3.05, 3.63) is 65.7 Å². The Morgan fingerprint density at radius 3 is 2.43 bits per heavy atom. The first kappa shape index (κ1) is 15.5. The van der Waals surface area contributed by atoms with Crippen LogP contribution in [0.25, 0.3) is 0 Å². The van der Waals surface area contributed by atoms with E-state index in [1.807, 2.05) is 38.3 Å². The molecule has 0 aliphatic carbocycles. The van der Waals surface area contributed by atoms with Crippen LogP contribution in [0.5, 0.6) is 0 Å². The zero-order valence-electron chi connectivity index (χ0n) is 13.2. The minimum absolute atomic E-state index is 0.0432. The highest BCUT2D eigenvalue weighted by atomic mass is 16.2. The van der Waals surface area contributed by atoms with E-state index >= 15 is 0 Å². The lowest BCUT2D eigenvalue weighted by Crippen LogP contribution is -2.38. The third-order valence-electron chi connectivity index (χ3n) is 4.29. The topological polar surface area (TPSA) is 49.4 Å². The van der Waals surface area contributed by atoms with Gasteiger partial charge in [0, 0.05) is 11.1 Å². The molecule has 1 unspecified atom stereocenters. The first-order chi connectivity index (χ1) is 11.2. The van der Waals surface area contributed by atoms with Crippen LogP contribution in [0.2, 0.25) is 0 Å². The molecule has 0 spiro atoms. The van der Waals surface area contributed by atoms with E-state index in [0.29, 0.717) is 16.8 Å². The van der Waals surface area contributed by atoms with Crippen LogP contribution in [-0.2, 0) is 4.79 Å². The number of hydrogen-bond donors (Lipinski definition) is 1. The number of hydrogen-bond acceptors (Lipinski definition) is 3. The van der Waals surface area contributed by atoms with Crippen molar-refractivity contribution in [1.29, 1.82) is 0 Å². The smallest absolute Gasteiger partial charge is 0.240 e. The van der Waals surface area contributed by atoms with Crippen molar-refractivity contribution < 1.29 is 9.59 Å². The van der Waals surface area contributed by atoms with Crippen LogP contribution in [0, 0.1) is 0 Å². The fourth-order valence-electron chi connectivity index (χ4n) is 2.99. The van der Waals surface area contributed by atoms with Gasteiger partial charge in [-0.25, -0.2) is 0 Å². The molecule has 23 heavy (non-hydrogen) atoms. The van der Waals surface area contributed by atoms with E-state index in [-0.39, 0.29) is 17.7 Å². The van der Waals surface area contributed by atoms with Gasteiger partial charge in [0.25, 0.3) is 0 Å². The highest BCUT2D eigenvalue weighted by Crippen LogP contribution is 2.22. The molecule has 4 nitrogen and oxygen atoms in total. The van der Waals surface area contributed by atoms with E-state index in [9.17, 15) is 9.59 Å². The third-order valence-corrected chi connectivity index (χ3v) is 4.29. The van der Waals surface area contributed by atoms with E-state index in [1.54, 1.807) is 24.3 Å². The van der Waals surface area contributed by atoms with Crippen LogP contribution in [0.1, 0.15) is 28.8 Å². The van der Waals surface area contributed by atoms with Gasteiger partial charge in [-0.15, -0.1) is 0 Å². The molecule has 0 aromatic heterocycles. The SMILES string of the molecule is BN1CCCC1C(=O)Nc1ccccc1C(=O)c1ccccc1. The predicted octanol–water partition coefficient (Wildman–Crippen LogP) is 1.87. The maximum atomic E-state index is 12.7. The van der Waals surface area contributed by atoms with Gasteiger partial charge in [0.05, 0.1) is 11.7 Å². The number of carbonyl (C=O) groups is 2. The van der Waals surface area contributed by atoms with E-state index in [1.165, 1.54) is 0 Å². The van der Waals surface area contributed by atoms with E-state index in [0.717, 1.165) is 19.4 Å². The van der Waals surface area contributed by atoms with Gasteiger partial charge in [-0.2, -0.15) is 0 Å². The molecule has 5 heteroatoms. The van der Waals surface area contributed by atoms with Crippen LogP contribution in [0.4, 0.5) is 5.69 Å². The molecule has 0 radical (unpaired) electrons. The number of ketones is 1. The molecule has 116 valence electrons. The molecule has 0 saturated carbocycles. The van der Waals surface area contributed by atoms with Gasteiger partial charge in [0.2, 0.25) is 5.91 Å². The number of amides is 1. The Morgan fingerprint density at radius 1 is 1.04 bits per heavy atom. The van der Waals surface area contributed by atoms with E-state index in [4.69, 9.17) is 0 Å². The summed E-state index contributed by atoms with van der Waals surface area (Å²) in [5, 5.41) is 2.93. The van der Waals surface area contributed by atoms with Crippen molar-refractivity contribution >= 4 is 25.4 Å². The van der Waals surface area contributed by atoms with Crippen LogP contribution in [0.3, 0.4) is 0 Å². The number of nitrogens with zero attached hydrogens (tertiary/aromatic N) is 1. The zero-order valence-corrected chi connectivity index (χ0v) is 13.2. The Bertz CT molecular complexity index is 718. The summed E-state index contributed by atoms with van der Waals surface area (Å²) in [6.07, 6.45) is 1.89. The van der Waals surface area contributed by atoms with Crippen LogP contribution < -0.4 is 5.32 Å². The maximum Gasteiger partial charge on any atom is 0.240 e. The quantitative estimate of drug-likeness (QED) is 0.693. The molecule has 1 amide bonds. The van der Waals surface area contributed by atoms with Crippen molar-refractivity contribution in [3.63, 3.8) is 0 Å². The second-order valence-electron chi connectivity index (χ2n) is 5.87. The molecule has 3 rings (SSSR count). The number of benzene rings is 2. The summed E-state index contributed by atoms with van der Waals surface area (Å²) in [6.45, 7) is 0.933. The minimum Gasteiger partial charge on any atom is -0.339 e. The molecule has 0 bridgehead atoms. The number of carbonyl (C=O) groups excluding carboxylic acids is 2. The molecule has 1 heterocycles. The largest absolute Gasteiger partial charge is 0.339 e. The Hall–Kier alpha value is -2.40. The Kier molecular flexibility index (Phi) is 4.58. The summed E-state index contributed by atoms with van der Waals surface area (Å²) < 4.78 is 0. The van der Waals surface area contributed by atoms with Gasteiger partial charge < -0.3 is 10.1 Å². The first-order valence-corrected chi connectivity index (χ1v) is 7.86. The molecule has 1 aliphatic rings. The minimum atomic E-state index is -0.116. The second-order valence-corrected chi connectivity index (χ2v) is 5.87. The molecule has 2 aromatic carbocycles. The normalized spacial score (nSPS) is 17.8. The van der Waals surface area contributed by atoms with Crippen molar-refractivity contribution in [2.24, 2.45) is 0 Å². The van der Waals surface area contributed by atoms with Crippen molar-refractivity contribution in [1.82, 2.24) is 4.81 Å². The molecule has 1 saturated heterocycles. The summed E-state index contributed by atoms with van der Waals surface area (Å²) in [7, 11) is 1.96. The Balaban J connectivity index is 1.84. The number of para-hydroxylation sites is 1. The number of rotatable bonds is 4. The molecule has 1 aliphatic heterocycles. The Morgan fingerprint density at radius 2 is 1.74 bits per heavy atom. The maximum absolute atomic E-state index is 12.7. The van der Waals surface area contributed by atoms with Crippen LogP contribution in [-0.4, -0.2) is 37.1 Å². The van der Waals surface area contributed by atoms with E-state index in [2.05, 4.69) is 10.1 Å². The lowest BCUT2D eigenvalue weighted by molar-refractivity contribution is -0.119. The second kappa shape index (κ2) is 6.79. The van der Waals surface area contributed by atoms with Gasteiger partial charge >= 0.3 is 0 Å². The highest BCUT2D eigenvalue weighted by molar-refractivity contribution is 6.14. The summed E-state index contributed by atoms with van der Waals surface area (Å²) in [5.74, 6) is -0.125. The summed E-state index contributed by atoms with van der Waals surface area (Å²) in [4.78, 5) is 27.2. The number of nitrogens with one attached hydrogen (secondary N) is 1. The summed E-state index contributed by atoms with van der Waals surface area (Å²) in [5.41, 5.74) is 1.71. The van der Waals surface area contributed by atoms with E-state index < -0.39 is 0 Å². The first-order valence-electron chi connectivity index (χ1n) is 7.86. The number of anilines is 1. The van der Waals surface area contributed by atoms with Crippen molar-refractivity contribution in [2.45, 2.75) is 18.9 Å². The molecule has 1 fully saturated rings. The fourth-order valence-corrected chi connectivity index (χ4v) is 2.99. The standard InChI is InChI=1S/C18H19BN2O2/c19-21-12-6-11-16(21)18(23)20-15-10-5-4-9-14(15)17(22)13-7-2-1-3-8-13/h1-5,7-10,16H,6,11-12,19H2,(H,20,23). The fraction of sp³-hybridized carbons (Fsp3) is 0.222. The molecule has 2 aromatic rings. The predicted molar refractivity (Wildman–Crippen MR) is 93.2 cm³/mol. The lowest BCUT2D eigenvalue weighted by Gasteiger charge is -2.20. The van der Waals surface area contributed by atoms with Gasteiger partial charge in [-0.05, 0) is 31.5 Å². The van der Waals surface area contributed by atoms with Crippen LogP contribution in [0.15, 0.2) is 54.6 Å². The van der Waals surface area contributed by atoms with Gasteiger partial charge in [0.1, 0.15) is 0 Å². The molecule has 1 N–H and O–H groups in total. The molecular weight excluding hydrogens is 287 g/mol. The summed E-state index contributed by atoms with van der Waals surface area (Å²) in [6, 6.07) is 16.2. The van der Waals surface area contributed by atoms with Crippen molar-refractivity contribution in [3.8, 4) is 0 Å². The van der Waals surface area contributed by atoms with Gasteiger partial charge in [-0.1, -0.05) is 42.5 Å².